The van der Waals surface area contributed by atoms with Gasteiger partial charge in [0.25, 0.3) is 5.91 Å². The number of nitrogens with one attached hydrogen (secondary N) is 1. The number of amides is 1. The number of hydrogen-bond donors (Lipinski definition) is 3. The molecule has 1 aromatic rings. The summed E-state index contributed by atoms with van der Waals surface area (Å²) in [5.74, 6) is -2.49. The molecule has 0 saturated heterocycles. The second kappa shape index (κ2) is 4.41. The Hall–Kier alpha value is -2.11. The summed E-state index contributed by atoms with van der Waals surface area (Å²) < 4.78 is 12.8. The highest BCUT2D eigenvalue weighted by Crippen LogP contribution is 2.10. The largest absolute Gasteiger partial charge is 0.480 e. The minimum absolute atomic E-state index is 0.00579. The number of nitrogens with two attached hydrogens (primary N) is 1. The Morgan fingerprint density at radius 2 is 2.07 bits per heavy atom. The third-order valence-electron chi connectivity index (χ3n) is 1.58. The van der Waals surface area contributed by atoms with Gasteiger partial charge in [-0.1, -0.05) is 0 Å². The molecule has 0 aliphatic rings. The molecule has 0 aromatic heterocycles. The van der Waals surface area contributed by atoms with Gasteiger partial charge in [0.2, 0.25) is 0 Å². The number of anilines is 1. The Morgan fingerprint density at radius 1 is 1.40 bits per heavy atom. The molecular formula is C9H9FN2O3. The van der Waals surface area contributed by atoms with Gasteiger partial charge in [0.05, 0.1) is 0 Å². The maximum absolute atomic E-state index is 12.8. The maximum atomic E-state index is 12.8. The number of halogens is 1. The predicted molar refractivity (Wildman–Crippen MR) is 50.8 cm³/mol. The molecule has 0 bridgehead atoms. The second-order valence-corrected chi connectivity index (χ2v) is 2.85. The van der Waals surface area contributed by atoms with Crippen LogP contribution in [0.25, 0.3) is 0 Å². The van der Waals surface area contributed by atoms with Gasteiger partial charge < -0.3 is 16.2 Å². The van der Waals surface area contributed by atoms with E-state index >= 15 is 0 Å². The third-order valence-corrected chi connectivity index (χ3v) is 1.58. The number of carboxylic acid groups (broad SMARTS) is 1. The summed E-state index contributed by atoms with van der Waals surface area (Å²) in [6.45, 7) is -0.519. The van der Waals surface area contributed by atoms with Crippen LogP contribution in [0.3, 0.4) is 0 Å². The molecule has 0 heterocycles. The SMILES string of the molecule is Nc1cc([18F])cc(C(=O)NCC(=O)O)c1. The van der Waals surface area contributed by atoms with E-state index in [4.69, 9.17) is 10.8 Å². The lowest BCUT2D eigenvalue weighted by Crippen LogP contribution is -2.29. The number of aliphatic carboxylic acids is 1. The van der Waals surface area contributed by atoms with E-state index in [1.165, 1.54) is 6.07 Å². The van der Waals surface area contributed by atoms with E-state index < -0.39 is 24.2 Å². The van der Waals surface area contributed by atoms with Crippen molar-refractivity contribution in [2.75, 3.05) is 12.3 Å². The molecule has 0 unspecified atom stereocenters. The van der Waals surface area contributed by atoms with Crippen molar-refractivity contribution in [2.45, 2.75) is 0 Å². The normalized spacial score (nSPS) is 9.67. The zero-order valence-corrected chi connectivity index (χ0v) is 7.66. The number of benzene rings is 1. The molecule has 80 valence electrons. The van der Waals surface area contributed by atoms with Gasteiger partial charge in [0.1, 0.15) is 12.4 Å². The third kappa shape index (κ3) is 3.26. The van der Waals surface area contributed by atoms with E-state index in [1.807, 2.05) is 0 Å². The summed E-state index contributed by atoms with van der Waals surface area (Å²) in [6.07, 6.45) is 0. The first-order valence-corrected chi connectivity index (χ1v) is 4.05. The van der Waals surface area contributed by atoms with Gasteiger partial charge in [-0.2, -0.15) is 0 Å². The van der Waals surface area contributed by atoms with Crippen molar-refractivity contribution in [3.63, 3.8) is 0 Å². The molecule has 4 N–H and O–H groups in total. The molecule has 0 atom stereocenters. The molecule has 0 fully saturated rings. The summed E-state index contributed by atoms with van der Waals surface area (Å²) in [6, 6.07) is 3.31. The number of rotatable bonds is 3. The van der Waals surface area contributed by atoms with Crippen molar-refractivity contribution >= 4 is 17.6 Å². The molecule has 0 saturated carbocycles. The summed E-state index contributed by atoms with van der Waals surface area (Å²) in [7, 11) is 0. The molecule has 0 radical (unpaired) electrons. The van der Waals surface area contributed by atoms with Crippen molar-refractivity contribution in [3.8, 4) is 0 Å². The van der Waals surface area contributed by atoms with E-state index in [9.17, 15) is 14.0 Å². The minimum atomic E-state index is -1.17. The summed E-state index contributed by atoms with van der Waals surface area (Å²) in [4.78, 5) is 21.4. The Kier molecular flexibility index (Phi) is 3.22. The Bertz CT molecular complexity index is 386. The fourth-order valence-electron chi connectivity index (χ4n) is 1.00. The van der Waals surface area contributed by atoms with Gasteiger partial charge in [-0.25, -0.2) is 4.39 Å². The summed E-state index contributed by atoms with van der Waals surface area (Å²) in [5, 5.41) is 10.4. The first-order valence-electron chi connectivity index (χ1n) is 4.05. The standard InChI is InChI=1S/C9H9FN2O3/c10-6-1-5(2-7(11)3-6)9(15)12-4-8(13)14/h1-3H,4,11H2,(H,12,15)(H,13,14)/i10-1. The smallest absolute Gasteiger partial charge is 0.322 e. The molecule has 0 aliphatic carbocycles. The fourth-order valence-corrected chi connectivity index (χ4v) is 1.00. The van der Waals surface area contributed by atoms with Gasteiger partial charge in [-0.3, -0.25) is 9.59 Å². The summed E-state index contributed by atoms with van der Waals surface area (Å²) in [5.41, 5.74) is 5.42. The van der Waals surface area contributed by atoms with Crippen LogP contribution in [0.15, 0.2) is 18.2 Å². The highest BCUT2D eigenvalue weighted by Gasteiger charge is 2.08. The van der Waals surface area contributed by atoms with Crippen LogP contribution in [0, 0.1) is 5.82 Å². The van der Waals surface area contributed by atoms with Crippen LogP contribution >= 0.6 is 0 Å². The van der Waals surface area contributed by atoms with Crippen LogP contribution in [-0.2, 0) is 4.79 Å². The zero-order valence-electron chi connectivity index (χ0n) is 7.66. The topological polar surface area (TPSA) is 92.4 Å². The quantitative estimate of drug-likeness (QED) is 0.623. The molecule has 1 amide bonds. The Balaban J connectivity index is 2.77. The van der Waals surface area contributed by atoms with Crippen LogP contribution in [0.2, 0.25) is 0 Å². The van der Waals surface area contributed by atoms with Crippen molar-refractivity contribution in [3.05, 3.63) is 29.6 Å². The van der Waals surface area contributed by atoms with Crippen LogP contribution in [0.5, 0.6) is 0 Å². The first kappa shape index (κ1) is 11.0. The molecule has 15 heavy (non-hydrogen) atoms. The highest BCUT2D eigenvalue weighted by atomic mass is 18.2. The van der Waals surface area contributed by atoms with Gasteiger partial charge in [-0.05, 0) is 18.2 Å². The number of nitrogen functional groups attached to an aromatic ring is 1. The van der Waals surface area contributed by atoms with Crippen molar-refractivity contribution < 1.29 is 19.1 Å². The Labute approximate surface area is 84.7 Å². The first-order chi connectivity index (χ1) is 6.99. The number of carbonyl (C=O) groups is 2. The molecule has 6 heteroatoms. The van der Waals surface area contributed by atoms with Gasteiger partial charge in [-0.15, -0.1) is 0 Å². The monoisotopic (exact) mass is 211 g/mol. The maximum Gasteiger partial charge on any atom is 0.322 e. The molecule has 0 aliphatic heterocycles. The number of carbonyl (C=O) groups excluding carboxylic acids is 1. The van der Waals surface area contributed by atoms with E-state index in [0.29, 0.717) is 0 Å². The van der Waals surface area contributed by atoms with Gasteiger partial charge in [0, 0.05) is 11.3 Å². The minimum Gasteiger partial charge on any atom is -0.480 e. The van der Waals surface area contributed by atoms with Gasteiger partial charge in [0.15, 0.2) is 0 Å². The molecule has 1 rings (SSSR count). The van der Waals surface area contributed by atoms with Gasteiger partial charge >= 0.3 is 5.97 Å². The Morgan fingerprint density at radius 3 is 2.60 bits per heavy atom. The van der Waals surface area contributed by atoms with Crippen LogP contribution < -0.4 is 11.1 Å². The molecule has 0 spiro atoms. The van der Waals surface area contributed by atoms with Crippen LogP contribution in [0.1, 0.15) is 10.4 Å². The molecule has 1 aromatic carbocycles. The van der Waals surface area contributed by atoms with Crippen LogP contribution in [0.4, 0.5) is 10.1 Å². The molecular weight excluding hydrogens is 202 g/mol. The van der Waals surface area contributed by atoms with E-state index in [-0.39, 0.29) is 11.3 Å². The van der Waals surface area contributed by atoms with Crippen molar-refractivity contribution in [2.24, 2.45) is 0 Å². The number of carboxylic acids is 1. The average molecular weight is 211 g/mol. The molecule has 5 nitrogen and oxygen atoms in total. The second-order valence-electron chi connectivity index (χ2n) is 2.85. The highest BCUT2D eigenvalue weighted by molar-refractivity contribution is 5.96. The van der Waals surface area contributed by atoms with Crippen LogP contribution in [-0.4, -0.2) is 23.5 Å². The van der Waals surface area contributed by atoms with E-state index in [2.05, 4.69) is 5.32 Å². The lowest BCUT2D eigenvalue weighted by Gasteiger charge is -2.03. The van der Waals surface area contributed by atoms with Crippen molar-refractivity contribution in [1.82, 2.24) is 5.32 Å². The van der Waals surface area contributed by atoms with E-state index in [0.717, 1.165) is 12.1 Å². The summed E-state index contributed by atoms with van der Waals surface area (Å²) >= 11 is 0. The average Bonchev–Trinajstić information content (AvgIpc) is 2.12. The van der Waals surface area contributed by atoms with E-state index in [1.54, 1.807) is 0 Å². The number of hydrogen-bond acceptors (Lipinski definition) is 3. The lowest BCUT2D eigenvalue weighted by atomic mass is 10.2. The lowest BCUT2D eigenvalue weighted by molar-refractivity contribution is -0.135. The predicted octanol–water partition coefficient (Wildman–Crippen LogP) is 0.222. The fraction of sp³-hybridized carbons (Fsp3) is 0.111. The van der Waals surface area contributed by atoms with Crippen molar-refractivity contribution in [1.29, 1.82) is 0 Å². The zero-order chi connectivity index (χ0) is 11.4.